The summed E-state index contributed by atoms with van der Waals surface area (Å²) in [4.78, 5) is 2.22. The standard InChI is InChI=1S/C13H24N4O/c1-4-6-11-7-8-17(9-11)13-16-15-12(18-13)10(3)14-5-2/h10-11,14H,4-9H2,1-3H3. The fourth-order valence-corrected chi connectivity index (χ4v) is 2.57. The average Bonchev–Trinajstić information content (AvgIpc) is 2.97. The van der Waals surface area contributed by atoms with Crippen LogP contribution in [0.3, 0.4) is 0 Å². The van der Waals surface area contributed by atoms with Crippen LogP contribution in [0.2, 0.25) is 0 Å². The molecule has 2 atom stereocenters. The molecule has 0 aliphatic carbocycles. The number of rotatable bonds is 6. The van der Waals surface area contributed by atoms with Crippen LogP contribution in [0.25, 0.3) is 0 Å². The van der Waals surface area contributed by atoms with Gasteiger partial charge in [-0.05, 0) is 32.2 Å². The van der Waals surface area contributed by atoms with Crippen LogP contribution < -0.4 is 10.2 Å². The maximum atomic E-state index is 5.75. The minimum atomic E-state index is 0.130. The summed E-state index contributed by atoms with van der Waals surface area (Å²) >= 11 is 0. The van der Waals surface area contributed by atoms with Crippen LogP contribution in [0.1, 0.15) is 52.0 Å². The highest BCUT2D eigenvalue weighted by molar-refractivity contribution is 5.26. The summed E-state index contributed by atoms with van der Waals surface area (Å²) in [7, 11) is 0. The largest absolute Gasteiger partial charge is 0.406 e. The van der Waals surface area contributed by atoms with Gasteiger partial charge < -0.3 is 14.6 Å². The van der Waals surface area contributed by atoms with Crippen LogP contribution in [0.15, 0.2) is 4.42 Å². The first-order valence-electron chi connectivity index (χ1n) is 7.06. The van der Waals surface area contributed by atoms with E-state index in [2.05, 4.69) is 34.3 Å². The van der Waals surface area contributed by atoms with Crippen molar-refractivity contribution in [2.24, 2.45) is 5.92 Å². The minimum Gasteiger partial charge on any atom is -0.406 e. The van der Waals surface area contributed by atoms with Gasteiger partial charge in [0.15, 0.2) is 0 Å². The predicted octanol–water partition coefficient (Wildman–Crippen LogP) is 2.37. The van der Waals surface area contributed by atoms with Gasteiger partial charge in [0.25, 0.3) is 0 Å². The summed E-state index contributed by atoms with van der Waals surface area (Å²) in [6.45, 7) is 9.37. The van der Waals surface area contributed by atoms with Crippen molar-refractivity contribution in [3.8, 4) is 0 Å². The fourth-order valence-electron chi connectivity index (χ4n) is 2.57. The highest BCUT2D eigenvalue weighted by Crippen LogP contribution is 2.26. The maximum Gasteiger partial charge on any atom is 0.318 e. The number of hydrogen-bond acceptors (Lipinski definition) is 5. The van der Waals surface area contributed by atoms with Crippen LogP contribution in [-0.4, -0.2) is 29.8 Å². The molecule has 2 heterocycles. The molecule has 1 aliphatic rings. The molecule has 0 saturated carbocycles. The van der Waals surface area contributed by atoms with Gasteiger partial charge in [0.05, 0.1) is 6.04 Å². The van der Waals surface area contributed by atoms with Crippen LogP contribution >= 0.6 is 0 Å². The van der Waals surface area contributed by atoms with Crippen LogP contribution in [0, 0.1) is 5.92 Å². The number of nitrogens with zero attached hydrogens (tertiary/aromatic N) is 3. The Bertz CT molecular complexity index is 366. The summed E-state index contributed by atoms with van der Waals surface area (Å²) in [6.07, 6.45) is 3.80. The first-order chi connectivity index (χ1) is 8.74. The van der Waals surface area contributed by atoms with Crippen molar-refractivity contribution in [1.29, 1.82) is 0 Å². The molecule has 0 bridgehead atoms. The Morgan fingerprint density at radius 1 is 1.44 bits per heavy atom. The lowest BCUT2D eigenvalue weighted by Gasteiger charge is -2.13. The summed E-state index contributed by atoms with van der Waals surface area (Å²) in [5.74, 6) is 1.47. The Kier molecular flexibility index (Phi) is 4.58. The lowest BCUT2D eigenvalue weighted by molar-refractivity contribution is 0.420. The quantitative estimate of drug-likeness (QED) is 0.842. The Hall–Kier alpha value is -1.10. The average molecular weight is 252 g/mol. The van der Waals surface area contributed by atoms with Crippen LogP contribution in [0.4, 0.5) is 6.01 Å². The summed E-state index contributed by atoms with van der Waals surface area (Å²) < 4.78 is 5.75. The normalized spacial score (nSPS) is 21.5. The van der Waals surface area contributed by atoms with E-state index in [1.165, 1.54) is 19.3 Å². The first-order valence-corrected chi connectivity index (χ1v) is 7.06. The molecule has 5 nitrogen and oxygen atoms in total. The van der Waals surface area contributed by atoms with Gasteiger partial charge >= 0.3 is 6.01 Å². The second-order valence-corrected chi connectivity index (χ2v) is 5.09. The topological polar surface area (TPSA) is 54.2 Å². The van der Waals surface area contributed by atoms with Gasteiger partial charge in [-0.2, -0.15) is 0 Å². The maximum absolute atomic E-state index is 5.75. The zero-order valence-corrected chi connectivity index (χ0v) is 11.6. The van der Waals surface area contributed by atoms with E-state index in [0.29, 0.717) is 11.9 Å². The number of hydrogen-bond donors (Lipinski definition) is 1. The van der Waals surface area contributed by atoms with Gasteiger partial charge in [-0.25, -0.2) is 0 Å². The molecule has 2 unspecified atom stereocenters. The molecular formula is C13H24N4O. The van der Waals surface area contributed by atoms with E-state index >= 15 is 0 Å². The molecule has 1 aromatic heterocycles. The van der Waals surface area contributed by atoms with Gasteiger partial charge in [-0.15, -0.1) is 5.10 Å². The van der Waals surface area contributed by atoms with Crippen molar-refractivity contribution in [1.82, 2.24) is 15.5 Å². The molecule has 0 aromatic carbocycles. The summed E-state index contributed by atoms with van der Waals surface area (Å²) in [5, 5.41) is 11.6. The van der Waals surface area contributed by atoms with Gasteiger partial charge in [-0.3, -0.25) is 0 Å². The van der Waals surface area contributed by atoms with Crippen LogP contribution in [0.5, 0.6) is 0 Å². The van der Waals surface area contributed by atoms with Gasteiger partial charge in [0.2, 0.25) is 5.89 Å². The van der Waals surface area contributed by atoms with Crippen LogP contribution in [-0.2, 0) is 0 Å². The third-order valence-electron chi connectivity index (χ3n) is 3.56. The van der Waals surface area contributed by atoms with E-state index in [9.17, 15) is 0 Å². The summed E-state index contributed by atoms with van der Waals surface area (Å²) in [5.41, 5.74) is 0. The smallest absolute Gasteiger partial charge is 0.318 e. The second kappa shape index (κ2) is 6.18. The number of anilines is 1. The second-order valence-electron chi connectivity index (χ2n) is 5.09. The minimum absolute atomic E-state index is 0.130. The highest BCUT2D eigenvalue weighted by Gasteiger charge is 2.26. The molecule has 1 fully saturated rings. The van der Waals surface area contributed by atoms with Crippen molar-refractivity contribution in [2.75, 3.05) is 24.5 Å². The molecule has 2 rings (SSSR count). The fraction of sp³-hybridized carbons (Fsp3) is 0.846. The lowest BCUT2D eigenvalue weighted by atomic mass is 10.0. The lowest BCUT2D eigenvalue weighted by Crippen LogP contribution is -2.20. The Morgan fingerprint density at radius 3 is 3.00 bits per heavy atom. The highest BCUT2D eigenvalue weighted by atomic mass is 16.4. The molecule has 0 amide bonds. The van der Waals surface area contributed by atoms with Crippen molar-refractivity contribution < 1.29 is 4.42 Å². The Labute approximate surface area is 109 Å². The van der Waals surface area contributed by atoms with Crippen molar-refractivity contribution in [3.63, 3.8) is 0 Å². The molecular weight excluding hydrogens is 228 g/mol. The van der Waals surface area contributed by atoms with E-state index in [0.717, 1.165) is 25.6 Å². The van der Waals surface area contributed by atoms with E-state index < -0.39 is 0 Å². The van der Waals surface area contributed by atoms with Crippen molar-refractivity contribution >= 4 is 6.01 Å². The van der Waals surface area contributed by atoms with E-state index in [1.807, 2.05) is 6.92 Å². The van der Waals surface area contributed by atoms with Gasteiger partial charge in [0.1, 0.15) is 0 Å². The van der Waals surface area contributed by atoms with Crippen molar-refractivity contribution in [3.05, 3.63) is 5.89 Å². The van der Waals surface area contributed by atoms with E-state index in [4.69, 9.17) is 4.42 Å². The third kappa shape index (κ3) is 3.02. The third-order valence-corrected chi connectivity index (χ3v) is 3.56. The molecule has 0 radical (unpaired) electrons. The number of aromatic nitrogens is 2. The van der Waals surface area contributed by atoms with E-state index in [1.54, 1.807) is 0 Å². The zero-order chi connectivity index (χ0) is 13.0. The summed E-state index contributed by atoms with van der Waals surface area (Å²) in [6, 6.07) is 0.818. The monoisotopic (exact) mass is 252 g/mol. The predicted molar refractivity (Wildman–Crippen MR) is 71.6 cm³/mol. The van der Waals surface area contributed by atoms with Gasteiger partial charge in [0, 0.05) is 13.1 Å². The Balaban J connectivity index is 1.94. The Morgan fingerprint density at radius 2 is 2.28 bits per heavy atom. The SMILES string of the molecule is CCCC1CCN(c2nnc(C(C)NCC)o2)C1. The molecule has 1 aromatic rings. The molecule has 5 heteroatoms. The zero-order valence-electron chi connectivity index (χ0n) is 11.6. The molecule has 0 spiro atoms. The molecule has 1 aliphatic heterocycles. The number of nitrogens with one attached hydrogen (secondary N) is 1. The van der Waals surface area contributed by atoms with Gasteiger partial charge in [-0.1, -0.05) is 25.4 Å². The van der Waals surface area contributed by atoms with E-state index in [-0.39, 0.29) is 6.04 Å². The molecule has 1 N–H and O–H groups in total. The molecule has 1 saturated heterocycles. The molecule has 102 valence electrons. The molecule has 18 heavy (non-hydrogen) atoms. The van der Waals surface area contributed by atoms with Crippen molar-refractivity contribution in [2.45, 2.75) is 46.1 Å². The first kappa shape index (κ1) is 13.3.